The van der Waals surface area contributed by atoms with Crippen molar-refractivity contribution >= 4 is 15.9 Å². The van der Waals surface area contributed by atoms with Gasteiger partial charge in [-0.15, -0.1) is 0 Å². The van der Waals surface area contributed by atoms with Crippen LogP contribution in [-0.4, -0.2) is 12.6 Å². The molecule has 0 saturated carbocycles. The van der Waals surface area contributed by atoms with Crippen LogP contribution >= 0.6 is 15.9 Å². The minimum Gasteiger partial charge on any atom is -0.493 e. The fourth-order valence-electron chi connectivity index (χ4n) is 2.60. The molecule has 0 spiro atoms. The molecule has 2 unspecified atom stereocenters. The van der Waals surface area contributed by atoms with E-state index in [1.807, 2.05) is 6.92 Å². The van der Waals surface area contributed by atoms with E-state index in [1.165, 1.54) is 36.8 Å². The van der Waals surface area contributed by atoms with Gasteiger partial charge >= 0.3 is 0 Å². The maximum Gasteiger partial charge on any atom is 0.125 e. The van der Waals surface area contributed by atoms with Crippen molar-refractivity contribution in [1.82, 2.24) is 0 Å². The Labute approximate surface area is 138 Å². The molecule has 2 nitrogen and oxygen atoms in total. The van der Waals surface area contributed by atoms with Gasteiger partial charge in [0, 0.05) is 10.5 Å². The molecule has 0 aliphatic rings. The summed E-state index contributed by atoms with van der Waals surface area (Å²) in [6.45, 7) is 9.45. The number of ether oxygens (including phenoxy) is 1. The Morgan fingerprint density at radius 1 is 1.29 bits per heavy atom. The average molecular weight is 356 g/mol. The van der Waals surface area contributed by atoms with Crippen LogP contribution in [0.1, 0.15) is 57.6 Å². The van der Waals surface area contributed by atoms with E-state index in [2.05, 4.69) is 48.8 Å². The highest BCUT2D eigenvalue weighted by Crippen LogP contribution is 2.30. The fraction of sp³-hybridized carbons (Fsp3) is 0.667. The summed E-state index contributed by atoms with van der Waals surface area (Å²) >= 11 is 3.57. The van der Waals surface area contributed by atoms with Crippen LogP contribution < -0.4 is 10.5 Å². The standard InChI is InChI=1S/C18H30BrNO/c1-5-7-8-15(6-2)12-21-18-13(3)9-17(19)11-16(18)10-14(4)20/h9,11,14-15H,5-8,10,12,20H2,1-4H3. The molecule has 2 atom stereocenters. The van der Waals surface area contributed by atoms with Gasteiger partial charge in [0.1, 0.15) is 5.75 Å². The molecule has 0 bridgehead atoms. The van der Waals surface area contributed by atoms with E-state index in [-0.39, 0.29) is 6.04 Å². The number of halogens is 1. The number of benzene rings is 1. The number of nitrogens with two attached hydrogens (primary N) is 1. The number of hydrogen-bond donors (Lipinski definition) is 1. The van der Waals surface area contributed by atoms with Gasteiger partial charge in [-0.25, -0.2) is 0 Å². The first-order valence-corrected chi connectivity index (χ1v) is 8.94. The fourth-order valence-corrected chi connectivity index (χ4v) is 3.22. The third-order valence-corrected chi connectivity index (χ3v) is 4.32. The van der Waals surface area contributed by atoms with Gasteiger partial charge in [-0.2, -0.15) is 0 Å². The molecule has 21 heavy (non-hydrogen) atoms. The molecule has 1 aromatic rings. The summed E-state index contributed by atoms with van der Waals surface area (Å²) in [6.07, 6.45) is 5.82. The maximum atomic E-state index is 6.20. The second-order valence-corrected chi connectivity index (χ2v) is 7.04. The lowest BCUT2D eigenvalue weighted by Gasteiger charge is -2.20. The molecule has 1 rings (SSSR count). The van der Waals surface area contributed by atoms with Crippen molar-refractivity contribution in [3.05, 3.63) is 27.7 Å². The highest BCUT2D eigenvalue weighted by atomic mass is 79.9. The molecule has 0 fully saturated rings. The second kappa shape index (κ2) is 9.47. The quantitative estimate of drug-likeness (QED) is 0.656. The normalized spacial score (nSPS) is 14.0. The summed E-state index contributed by atoms with van der Waals surface area (Å²) in [7, 11) is 0. The summed E-state index contributed by atoms with van der Waals surface area (Å²) in [6, 6.07) is 4.40. The molecular formula is C18H30BrNO. The molecule has 0 amide bonds. The van der Waals surface area contributed by atoms with Gasteiger partial charge in [0.2, 0.25) is 0 Å². The lowest BCUT2D eigenvalue weighted by Crippen LogP contribution is -2.19. The summed E-state index contributed by atoms with van der Waals surface area (Å²) < 4.78 is 7.30. The van der Waals surface area contributed by atoms with Gasteiger partial charge in [0.05, 0.1) is 6.61 Å². The van der Waals surface area contributed by atoms with E-state index >= 15 is 0 Å². The van der Waals surface area contributed by atoms with E-state index < -0.39 is 0 Å². The van der Waals surface area contributed by atoms with Crippen molar-refractivity contribution in [3.63, 3.8) is 0 Å². The van der Waals surface area contributed by atoms with E-state index in [1.54, 1.807) is 0 Å². The van der Waals surface area contributed by atoms with Crippen molar-refractivity contribution in [2.75, 3.05) is 6.61 Å². The predicted octanol–water partition coefficient (Wildman–Crippen LogP) is 5.24. The second-order valence-electron chi connectivity index (χ2n) is 6.12. The minimum atomic E-state index is 0.142. The van der Waals surface area contributed by atoms with Crippen LogP contribution in [0.25, 0.3) is 0 Å². The number of hydrogen-bond acceptors (Lipinski definition) is 2. The van der Waals surface area contributed by atoms with E-state index in [4.69, 9.17) is 10.5 Å². The molecule has 0 aliphatic heterocycles. The Hall–Kier alpha value is -0.540. The molecule has 0 radical (unpaired) electrons. The van der Waals surface area contributed by atoms with Gasteiger partial charge in [0.15, 0.2) is 0 Å². The largest absolute Gasteiger partial charge is 0.493 e. The Balaban J connectivity index is 2.80. The van der Waals surface area contributed by atoms with Crippen molar-refractivity contribution in [2.45, 2.75) is 65.8 Å². The van der Waals surface area contributed by atoms with Crippen LogP contribution in [0.2, 0.25) is 0 Å². The number of rotatable bonds is 9. The zero-order valence-corrected chi connectivity index (χ0v) is 15.5. The first-order valence-electron chi connectivity index (χ1n) is 8.15. The first-order chi connectivity index (χ1) is 9.97. The lowest BCUT2D eigenvalue weighted by atomic mass is 10.00. The van der Waals surface area contributed by atoms with Crippen LogP contribution in [0.5, 0.6) is 5.75 Å². The molecule has 1 aromatic carbocycles. The molecule has 120 valence electrons. The van der Waals surface area contributed by atoms with Crippen molar-refractivity contribution in [1.29, 1.82) is 0 Å². The Kier molecular flexibility index (Phi) is 8.35. The van der Waals surface area contributed by atoms with Crippen molar-refractivity contribution < 1.29 is 4.74 Å². The van der Waals surface area contributed by atoms with Crippen LogP contribution in [0.15, 0.2) is 16.6 Å². The molecule has 0 aromatic heterocycles. The summed E-state index contributed by atoms with van der Waals surface area (Å²) in [5, 5.41) is 0. The zero-order chi connectivity index (χ0) is 15.8. The Bertz CT molecular complexity index is 431. The summed E-state index contributed by atoms with van der Waals surface area (Å²) in [5.41, 5.74) is 8.37. The van der Waals surface area contributed by atoms with E-state index in [0.29, 0.717) is 5.92 Å². The molecule has 3 heteroatoms. The highest BCUT2D eigenvalue weighted by molar-refractivity contribution is 9.10. The van der Waals surface area contributed by atoms with Gasteiger partial charge in [-0.05, 0) is 55.9 Å². The van der Waals surface area contributed by atoms with Crippen molar-refractivity contribution in [2.24, 2.45) is 11.7 Å². The van der Waals surface area contributed by atoms with Gasteiger partial charge < -0.3 is 10.5 Å². The van der Waals surface area contributed by atoms with Crippen LogP contribution in [0, 0.1) is 12.8 Å². The summed E-state index contributed by atoms with van der Waals surface area (Å²) in [4.78, 5) is 0. The Morgan fingerprint density at radius 2 is 2.00 bits per heavy atom. The maximum absolute atomic E-state index is 6.20. The van der Waals surface area contributed by atoms with E-state index in [9.17, 15) is 0 Å². The topological polar surface area (TPSA) is 35.2 Å². The predicted molar refractivity (Wildman–Crippen MR) is 95.0 cm³/mol. The van der Waals surface area contributed by atoms with Crippen LogP contribution in [-0.2, 0) is 6.42 Å². The van der Waals surface area contributed by atoms with Crippen LogP contribution in [0.3, 0.4) is 0 Å². The smallest absolute Gasteiger partial charge is 0.125 e. The third kappa shape index (κ3) is 6.39. The molecule has 0 heterocycles. The number of unbranched alkanes of at least 4 members (excludes halogenated alkanes) is 1. The first kappa shape index (κ1) is 18.5. The molecule has 0 saturated heterocycles. The highest BCUT2D eigenvalue weighted by Gasteiger charge is 2.13. The van der Waals surface area contributed by atoms with E-state index in [0.717, 1.165) is 23.2 Å². The summed E-state index contributed by atoms with van der Waals surface area (Å²) in [5.74, 6) is 1.68. The average Bonchev–Trinajstić information content (AvgIpc) is 2.40. The van der Waals surface area contributed by atoms with Gasteiger partial charge in [-0.3, -0.25) is 0 Å². The molecular weight excluding hydrogens is 326 g/mol. The van der Waals surface area contributed by atoms with Gasteiger partial charge in [0.25, 0.3) is 0 Å². The van der Waals surface area contributed by atoms with Crippen LogP contribution in [0.4, 0.5) is 0 Å². The Morgan fingerprint density at radius 3 is 2.57 bits per heavy atom. The lowest BCUT2D eigenvalue weighted by molar-refractivity contribution is 0.230. The van der Waals surface area contributed by atoms with Crippen molar-refractivity contribution in [3.8, 4) is 5.75 Å². The van der Waals surface area contributed by atoms with Gasteiger partial charge in [-0.1, -0.05) is 49.0 Å². The minimum absolute atomic E-state index is 0.142. The SMILES string of the molecule is CCCCC(CC)COc1c(C)cc(Br)cc1CC(C)N. The zero-order valence-electron chi connectivity index (χ0n) is 13.9. The third-order valence-electron chi connectivity index (χ3n) is 3.86. The monoisotopic (exact) mass is 355 g/mol. The number of aryl methyl sites for hydroxylation is 1. The molecule has 0 aliphatic carbocycles. The molecule has 2 N–H and O–H groups in total.